The van der Waals surface area contributed by atoms with Gasteiger partial charge in [-0.2, -0.15) is 11.8 Å². The van der Waals surface area contributed by atoms with Crippen LogP contribution < -0.4 is 5.73 Å². The summed E-state index contributed by atoms with van der Waals surface area (Å²) in [5, 5.41) is 0.816. The molecule has 0 radical (unpaired) electrons. The van der Waals surface area contributed by atoms with E-state index in [2.05, 4.69) is 42.3 Å². The Morgan fingerprint density at radius 3 is 2.70 bits per heavy atom. The molecule has 20 heavy (non-hydrogen) atoms. The Balaban J connectivity index is 2.04. The van der Waals surface area contributed by atoms with Crippen molar-refractivity contribution in [1.82, 2.24) is 9.80 Å². The van der Waals surface area contributed by atoms with Crippen molar-refractivity contribution in [3.05, 3.63) is 0 Å². The van der Waals surface area contributed by atoms with E-state index in [4.69, 9.17) is 5.73 Å². The van der Waals surface area contributed by atoms with Gasteiger partial charge in [0.25, 0.3) is 0 Å². The van der Waals surface area contributed by atoms with Gasteiger partial charge in [-0.15, -0.1) is 0 Å². The summed E-state index contributed by atoms with van der Waals surface area (Å²) in [6.45, 7) is 12.7. The first-order chi connectivity index (χ1) is 9.61. The highest BCUT2D eigenvalue weighted by atomic mass is 32.2. The Hall–Kier alpha value is 0.230. The van der Waals surface area contributed by atoms with Crippen LogP contribution in [0.2, 0.25) is 0 Å². The lowest BCUT2D eigenvalue weighted by molar-refractivity contribution is 0.0796. The molecule has 0 amide bonds. The van der Waals surface area contributed by atoms with Crippen LogP contribution in [-0.4, -0.2) is 65.1 Å². The fraction of sp³-hybridized carbons (Fsp3) is 1.00. The van der Waals surface area contributed by atoms with Gasteiger partial charge in [-0.1, -0.05) is 6.92 Å². The topological polar surface area (TPSA) is 32.5 Å². The standard InChI is InChI=1S/C16H33N3S/c1-4-15-12-19(10-11-20-15)16(13-17)6-5-8-18(9-7-16)14(2)3/h14-15H,4-13,17H2,1-3H3. The second-order valence-corrected chi connectivity index (χ2v) is 8.17. The van der Waals surface area contributed by atoms with Gasteiger partial charge in [0, 0.05) is 48.8 Å². The maximum Gasteiger partial charge on any atom is 0.0345 e. The predicted octanol–water partition coefficient (Wildman–Crippen LogP) is 2.41. The second kappa shape index (κ2) is 7.48. The van der Waals surface area contributed by atoms with Crippen LogP contribution in [-0.2, 0) is 0 Å². The third-order valence-electron chi connectivity index (χ3n) is 5.33. The second-order valence-electron chi connectivity index (χ2n) is 6.76. The molecule has 2 rings (SSSR count). The van der Waals surface area contributed by atoms with Crippen molar-refractivity contribution < 1.29 is 0 Å². The molecule has 2 aliphatic rings. The van der Waals surface area contributed by atoms with E-state index in [1.807, 2.05) is 0 Å². The van der Waals surface area contributed by atoms with E-state index in [1.165, 1.54) is 57.6 Å². The molecule has 2 saturated heterocycles. The zero-order chi connectivity index (χ0) is 14.6. The van der Waals surface area contributed by atoms with Gasteiger partial charge in [0.2, 0.25) is 0 Å². The Bertz CT molecular complexity index is 297. The van der Waals surface area contributed by atoms with E-state index in [0.717, 1.165) is 11.8 Å². The minimum absolute atomic E-state index is 0.276. The van der Waals surface area contributed by atoms with Gasteiger partial charge in [-0.3, -0.25) is 4.90 Å². The van der Waals surface area contributed by atoms with E-state index in [0.29, 0.717) is 6.04 Å². The number of hydrogen-bond donors (Lipinski definition) is 1. The van der Waals surface area contributed by atoms with Crippen LogP contribution in [0.3, 0.4) is 0 Å². The molecule has 0 bridgehead atoms. The van der Waals surface area contributed by atoms with Crippen molar-refractivity contribution in [2.75, 3.05) is 38.5 Å². The van der Waals surface area contributed by atoms with Gasteiger partial charge in [0.05, 0.1) is 0 Å². The third-order valence-corrected chi connectivity index (χ3v) is 6.70. The highest BCUT2D eigenvalue weighted by Crippen LogP contribution is 2.33. The number of thioether (sulfide) groups is 1. The van der Waals surface area contributed by atoms with Crippen LogP contribution in [0, 0.1) is 0 Å². The predicted molar refractivity (Wildman–Crippen MR) is 90.5 cm³/mol. The minimum Gasteiger partial charge on any atom is -0.329 e. The maximum atomic E-state index is 6.28. The molecule has 0 aromatic heterocycles. The van der Waals surface area contributed by atoms with Crippen molar-refractivity contribution in [1.29, 1.82) is 0 Å². The van der Waals surface area contributed by atoms with Crippen LogP contribution in [0.4, 0.5) is 0 Å². The minimum atomic E-state index is 0.276. The molecule has 0 saturated carbocycles. The lowest BCUT2D eigenvalue weighted by Crippen LogP contribution is -2.58. The number of rotatable bonds is 4. The molecule has 0 aromatic carbocycles. The average Bonchev–Trinajstić information content (AvgIpc) is 2.71. The van der Waals surface area contributed by atoms with Crippen molar-refractivity contribution in [2.45, 2.75) is 63.3 Å². The first-order valence-corrected chi connectivity index (χ1v) is 9.47. The molecule has 2 heterocycles. The molecule has 2 unspecified atom stereocenters. The van der Waals surface area contributed by atoms with Crippen molar-refractivity contribution in [2.24, 2.45) is 5.73 Å². The van der Waals surface area contributed by atoms with Gasteiger partial charge in [0.1, 0.15) is 0 Å². The fourth-order valence-corrected chi connectivity index (χ4v) is 4.94. The molecule has 2 N–H and O–H groups in total. The molecule has 118 valence electrons. The van der Waals surface area contributed by atoms with E-state index in [-0.39, 0.29) is 5.54 Å². The van der Waals surface area contributed by atoms with Crippen LogP contribution in [0.1, 0.15) is 46.5 Å². The van der Waals surface area contributed by atoms with Crippen LogP contribution in [0.15, 0.2) is 0 Å². The first kappa shape index (κ1) is 16.6. The lowest BCUT2D eigenvalue weighted by Gasteiger charge is -2.47. The fourth-order valence-electron chi connectivity index (χ4n) is 3.76. The number of nitrogens with zero attached hydrogens (tertiary/aromatic N) is 2. The van der Waals surface area contributed by atoms with Crippen LogP contribution in [0.25, 0.3) is 0 Å². The van der Waals surface area contributed by atoms with Crippen molar-refractivity contribution in [3.8, 4) is 0 Å². The number of hydrogen-bond acceptors (Lipinski definition) is 4. The van der Waals surface area contributed by atoms with Gasteiger partial charge >= 0.3 is 0 Å². The van der Waals surface area contributed by atoms with E-state index >= 15 is 0 Å². The summed E-state index contributed by atoms with van der Waals surface area (Å²) in [4.78, 5) is 5.38. The summed E-state index contributed by atoms with van der Waals surface area (Å²) in [6, 6.07) is 0.670. The molecule has 2 atom stereocenters. The Morgan fingerprint density at radius 1 is 1.25 bits per heavy atom. The Morgan fingerprint density at radius 2 is 2.05 bits per heavy atom. The summed E-state index contributed by atoms with van der Waals surface area (Å²) < 4.78 is 0. The smallest absolute Gasteiger partial charge is 0.0345 e. The van der Waals surface area contributed by atoms with E-state index in [9.17, 15) is 0 Å². The van der Waals surface area contributed by atoms with Gasteiger partial charge in [-0.25, -0.2) is 0 Å². The normalized spacial score (nSPS) is 34.4. The Labute approximate surface area is 129 Å². The molecule has 0 spiro atoms. The Kier molecular flexibility index (Phi) is 6.21. The highest BCUT2D eigenvalue weighted by molar-refractivity contribution is 8.00. The van der Waals surface area contributed by atoms with Crippen LogP contribution in [0.5, 0.6) is 0 Å². The summed E-state index contributed by atoms with van der Waals surface area (Å²) in [7, 11) is 0. The summed E-state index contributed by atoms with van der Waals surface area (Å²) >= 11 is 2.16. The third kappa shape index (κ3) is 3.70. The molecular formula is C16H33N3S. The van der Waals surface area contributed by atoms with Crippen LogP contribution >= 0.6 is 11.8 Å². The number of likely N-dealkylation sites (tertiary alicyclic amines) is 1. The van der Waals surface area contributed by atoms with E-state index < -0.39 is 0 Å². The SMILES string of the molecule is CCC1CN(C2(CN)CCCN(C(C)C)CC2)CCS1. The summed E-state index contributed by atoms with van der Waals surface area (Å²) in [5.41, 5.74) is 6.56. The molecule has 3 nitrogen and oxygen atoms in total. The molecule has 4 heteroatoms. The zero-order valence-electron chi connectivity index (χ0n) is 13.6. The molecule has 2 aliphatic heterocycles. The quantitative estimate of drug-likeness (QED) is 0.864. The zero-order valence-corrected chi connectivity index (χ0v) is 14.4. The van der Waals surface area contributed by atoms with Gasteiger partial charge < -0.3 is 10.6 Å². The summed E-state index contributed by atoms with van der Waals surface area (Å²) in [6.07, 6.45) is 5.13. The molecule has 0 aliphatic carbocycles. The van der Waals surface area contributed by atoms with Gasteiger partial charge in [0.15, 0.2) is 0 Å². The monoisotopic (exact) mass is 299 g/mol. The molecule has 0 aromatic rings. The van der Waals surface area contributed by atoms with Crippen molar-refractivity contribution in [3.63, 3.8) is 0 Å². The van der Waals surface area contributed by atoms with E-state index in [1.54, 1.807) is 0 Å². The average molecular weight is 300 g/mol. The van der Waals surface area contributed by atoms with Crippen molar-refractivity contribution >= 4 is 11.8 Å². The summed E-state index contributed by atoms with van der Waals surface area (Å²) in [5.74, 6) is 1.29. The van der Waals surface area contributed by atoms with Gasteiger partial charge in [-0.05, 0) is 46.1 Å². The largest absolute Gasteiger partial charge is 0.329 e. The highest BCUT2D eigenvalue weighted by Gasteiger charge is 2.39. The number of nitrogens with two attached hydrogens (primary N) is 1. The maximum absolute atomic E-state index is 6.28. The molecular weight excluding hydrogens is 266 g/mol. The first-order valence-electron chi connectivity index (χ1n) is 8.42. The lowest BCUT2D eigenvalue weighted by atomic mass is 9.88. The molecule has 2 fully saturated rings.